The van der Waals surface area contributed by atoms with Gasteiger partial charge in [0.25, 0.3) is 0 Å². The molecule has 0 saturated heterocycles. The predicted octanol–water partition coefficient (Wildman–Crippen LogP) is 5.64. The first-order valence-corrected chi connectivity index (χ1v) is 16.1. The predicted molar refractivity (Wildman–Crippen MR) is 179 cm³/mol. The molecule has 4 atom stereocenters. The van der Waals surface area contributed by atoms with Crippen molar-refractivity contribution in [2.45, 2.75) is 72.1 Å². The van der Waals surface area contributed by atoms with Crippen molar-refractivity contribution in [1.82, 2.24) is 10.6 Å². The molecule has 9 heteroatoms. The Morgan fingerprint density at radius 3 is 2.32 bits per heavy atom. The molecule has 0 aliphatic carbocycles. The van der Waals surface area contributed by atoms with E-state index in [1.165, 1.54) is 6.08 Å². The summed E-state index contributed by atoms with van der Waals surface area (Å²) in [5, 5.41) is 5.60. The lowest BCUT2D eigenvalue weighted by Gasteiger charge is -2.29. The van der Waals surface area contributed by atoms with Gasteiger partial charge in [-0.05, 0) is 78.1 Å². The number of carbonyl (C=O) groups is 4. The van der Waals surface area contributed by atoms with E-state index in [9.17, 15) is 19.2 Å². The summed E-state index contributed by atoms with van der Waals surface area (Å²) in [6.45, 7) is 9.04. The van der Waals surface area contributed by atoms with E-state index in [2.05, 4.69) is 33.2 Å². The molecule has 8 nitrogen and oxygen atoms in total. The van der Waals surface area contributed by atoms with Crippen LogP contribution in [0, 0.1) is 20.8 Å². The Morgan fingerprint density at radius 2 is 1.66 bits per heavy atom. The fourth-order valence-electron chi connectivity index (χ4n) is 4.55. The number of esters is 2. The second-order valence-corrected chi connectivity index (χ2v) is 13.5. The molecule has 3 rings (SSSR count). The Kier molecular flexibility index (Phi) is 13.2. The maximum atomic E-state index is 13.4. The standard InChI is InChI=1S/C35H43IN2O6/c1-23(2)20-30-33(41)43-29(24(3)14-15-25-10-7-6-8-11-25)12-9-13-31(39)38-28(21-26-16-18-27(36)19-17-26)32(40)37-22-35(4,5)34(42)44-30/h6-11,13-19,23-24,28-30H,12,20-22H2,1-5H3,(H,37,40)(H,38,39)/b13-9+,15-14+/t24-,28-,29+,30+/m1/s1. The fraction of sp³-hybridized carbons (Fsp3) is 0.429. The average Bonchev–Trinajstić information content (AvgIpc) is 2.98. The first-order valence-electron chi connectivity index (χ1n) is 15.0. The third kappa shape index (κ3) is 11.2. The van der Waals surface area contributed by atoms with Crippen LogP contribution in [0.25, 0.3) is 6.08 Å². The van der Waals surface area contributed by atoms with Crippen molar-refractivity contribution in [1.29, 1.82) is 0 Å². The quantitative estimate of drug-likeness (QED) is 0.284. The van der Waals surface area contributed by atoms with Crippen molar-refractivity contribution < 1.29 is 28.7 Å². The van der Waals surface area contributed by atoms with Crippen molar-refractivity contribution >= 4 is 52.4 Å². The van der Waals surface area contributed by atoms with Gasteiger partial charge in [0.15, 0.2) is 6.10 Å². The monoisotopic (exact) mass is 714 g/mol. The van der Waals surface area contributed by atoms with Gasteiger partial charge in [0.05, 0.1) is 5.41 Å². The highest BCUT2D eigenvalue weighted by Crippen LogP contribution is 2.23. The molecule has 2 aromatic rings. The smallest absolute Gasteiger partial charge is 0.347 e. The average molecular weight is 715 g/mol. The molecule has 0 unspecified atom stereocenters. The van der Waals surface area contributed by atoms with Gasteiger partial charge in [0.2, 0.25) is 11.8 Å². The van der Waals surface area contributed by atoms with Gasteiger partial charge in [-0.1, -0.05) is 81.5 Å². The van der Waals surface area contributed by atoms with Gasteiger partial charge in [-0.3, -0.25) is 14.4 Å². The van der Waals surface area contributed by atoms with E-state index < -0.39 is 47.4 Å². The van der Waals surface area contributed by atoms with Gasteiger partial charge >= 0.3 is 11.9 Å². The Bertz CT molecular complexity index is 1340. The van der Waals surface area contributed by atoms with Crippen LogP contribution < -0.4 is 10.6 Å². The van der Waals surface area contributed by atoms with Gasteiger partial charge in [0, 0.05) is 28.9 Å². The highest BCUT2D eigenvalue weighted by Gasteiger charge is 2.36. The van der Waals surface area contributed by atoms with E-state index in [-0.39, 0.29) is 37.6 Å². The van der Waals surface area contributed by atoms with Crippen LogP contribution in [0.15, 0.2) is 72.8 Å². The lowest BCUT2D eigenvalue weighted by molar-refractivity contribution is -0.178. The normalized spacial score (nSPS) is 23.4. The number of hydrogen-bond donors (Lipinski definition) is 2. The van der Waals surface area contributed by atoms with E-state index in [4.69, 9.17) is 9.47 Å². The summed E-state index contributed by atoms with van der Waals surface area (Å²) in [5.41, 5.74) is 0.732. The highest BCUT2D eigenvalue weighted by atomic mass is 127. The summed E-state index contributed by atoms with van der Waals surface area (Å²) in [6, 6.07) is 16.6. The second-order valence-electron chi connectivity index (χ2n) is 12.3. The number of nitrogens with one attached hydrogen (secondary N) is 2. The molecule has 44 heavy (non-hydrogen) atoms. The number of carbonyl (C=O) groups excluding carboxylic acids is 4. The summed E-state index contributed by atoms with van der Waals surface area (Å²) < 4.78 is 12.8. The molecule has 0 radical (unpaired) electrons. The molecule has 236 valence electrons. The molecule has 0 saturated carbocycles. The number of hydrogen-bond acceptors (Lipinski definition) is 6. The lowest BCUT2D eigenvalue weighted by atomic mass is 9.93. The van der Waals surface area contributed by atoms with E-state index >= 15 is 0 Å². The zero-order valence-corrected chi connectivity index (χ0v) is 28.2. The molecule has 0 aromatic heterocycles. The largest absolute Gasteiger partial charge is 0.459 e. The maximum Gasteiger partial charge on any atom is 0.347 e. The van der Waals surface area contributed by atoms with Crippen LogP contribution in [0.5, 0.6) is 0 Å². The van der Waals surface area contributed by atoms with E-state index in [1.54, 1.807) is 19.9 Å². The molecule has 0 spiro atoms. The van der Waals surface area contributed by atoms with Crippen LogP contribution in [0.3, 0.4) is 0 Å². The number of benzene rings is 2. The Labute approximate surface area is 274 Å². The Morgan fingerprint density at radius 1 is 0.977 bits per heavy atom. The van der Waals surface area contributed by atoms with Gasteiger partial charge in [-0.15, -0.1) is 0 Å². The van der Waals surface area contributed by atoms with Crippen LogP contribution in [0.4, 0.5) is 0 Å². The first-order chi connectivity index (χ1) is 20.8. The third-order valence-electron chi connectivity index (χ3n) is 7.32. The minimum Gasteiger partial charge on any atom is -0.459 e. The molecule has 1 heterocycles. The lowest BCUT2D eigenvalue weighted by Crippen LogP contribution is -2.51. The number of ether oxygens (including phenoxy) is 2. The molecule has 2 amide bonds. The topological polar surface area (TPSA) is 111 Å². The van der Waals surface area contributed by atoms with Gasteiger partial charge in [-0.25, -0.2) is 4.79 Å². The summed E-state index contributed by atoms with van der Waals surface area (Å²) in [4.78, 5) is 53.1. The number of amides is 2. The molecule has 0 bridgehead atoms. The maximum absolute atomic E-state index is 13.4. The number of halogens is 1. The minimum absolute atomic E-state index is 0.0487. The van der Waals surface area contributed by atoms with Crippen molar-refractivity contribution in [3.8, 4) is 0 Å². The van der Waals surface area contributed by atoms with Crippen LogP contribution in [0.2, 0.25) is 0 Å². The molecule has 1 aliphatic rings. The van der Waals surface area contributed by atoms with E-state index in [0.717, 1.165) is 14.7 Å². The van der Waals surface area contributed by atoms with Crippen molar-refractivity contribution in [3.63, 3.8) is 0 Å². The van der Waals surface area contributed by atoms with Crippen LogP contribution >= 0.6 is 22.6 Å². The van der Waals surface area contributed by atoms with Crippen molar-refractivity contribution in [2.75, 3.05) is 6.54 Å². The Hall–Kier alpha value is -3.47. The summed E-state index contributed by atoms with van der Waals surface area (Å²) in [7, 11) is 0. The second kappa shape index (κ2) is 16.6. The highest BCUT2D eigenvalue weighted by molar-refractivity contribution is 14.1. The zero-order valence-electron chi connectivity index (χ0n) is 26.0. The summed E-state index contributed by atoms with van der Waals surface area (Å²) in [5.74, 6) is -2.31. The summed E-state index contributed by atoms with van der Waals surface area (Å²) in [6.07, 6.45) is 5.95. The molecule has 2 N–H and O–H groups in total. The number of rotatable bonds is 7. The molecule has 2 aromatic carbocycles. The van der Waals surface area contributed by atoms with Crippen LogP contribution in [-0.4, -0.2) is 48.5 Å². The van der Waals surface area contributed by atoms with Crippen LogP contribution in [-0.2, 0) is 35.1 Å². The van der Waals surface area contributed by atoms with Crippen molar-refractivity contribution in [3.05, 3.63) is 87.5 Å². The first kappa shape index (κ1) is 35.0. The minimum atomic E-state index is -1.15. The SMILES string of the molecule is CC(C)C[C@@H]1OC(=O)C(C)(C)CNC(=O)[C@@H](Cc2ccc(I)cc2)NC(=O)/C=C/C[C@@H]([C@H](C)/C=C/c2ccccc2)OC1=O. The molecular weight excluding hydrogens is 671 g/mol. The third-order valence-corrected chi connectivity index (χ3v) is 8.04. The van der Waals surface area contributed by atoms with Gasteiger partial charge < -0.3 is 20.1 Å². The van der Waals surface area contributed by atoms with E-state index in [1.807, 2.05) is 87.5 Å². The van der Waals surface area contributed by atoms with Gasteiger partial charge in [-0.2, -0.15) is 0 Å². The molecular formula is C35H43IN2O6. The van der Waals surface area contributed by atoms with Crippen molar-refractivity contribution in [2.24, 2.45) is 17.3 Å². The summed E-state index contributed by atoms with van der Waals surface area (Å²) >= 11 is 2.21. The van der Waals surface area contributed by atoms with Crippen LogP contribution in [0.1, 0.15) is 58.6 Å². The van der Waals surface area contributed by atoms with E-state index in [0.29, 0.717) is 0 Å². The Balaban J connectivity index is 1.92. The number of cyclic esters (lactones) is 2. The molecule has 0 fully saturated rings. The van der Waals surface area contributed by atoms with Gasteiger partial charge in [0.1, 0.15) is 12.1 Å². The fourth-order valence-corrected chi connectivity index (χ4v) is 4.91. The zero-order chi connectivity index (χ0) is 32.3. The molecule has 1 aliphatic heterocycles.